The van der Waals surface area contributed by atoms with Crippen molar-refractivity contribution in [3.8, 4) is 0 Å². The number of nitrogens with zero attached hydrogens (tertiary/aromatic N) is 3. The quantitative estimate of drug-likeness (QED) is 0.0968. The first kappa shape index (κ1) is 23.3. The second-order valence-corrected chi connectivity index (χ2v) is 10.5. The van der Waals surface area contributed by atoms with E-state index >= 15 is 0 Å². The fraction of sp³-hybridized carbons (Fsp3) is 0.0345. The van der Waals surface area contributed by atoms with Gasteiger partial charge in [0.05, 0.1) is 16.4 Å². The maximum atomic E-state index is 13.9. The highest BCUT2D eigenvalue weighted by Crippen LogP contribution is 2.32. The summed E-state index contributed by atoms with van der Waals surface area (Å²) in [5.74, 6) is -0.620. The van der Waals surface area contributed by atoms with E-state index in [9.17, 15) is 9.59 Å². The number of carbonyl (C=O) groups excluding carboxylic acids is 1. The van der Waals surface area contributed by atoms with E-state index < -0.39 is 11.5 Å². The molecule has 0 aliphatic rings. The lowest BCUT2D eigenvalue weighted by Crippen LogP contribution is -2.30. The first-order chi connectivity index (χ1) is 18.0. The number of thiazole rings is 1. The number of hydrazone groups is 1. The van der Waals surface area contributed by atoms with Crippen molar-refractivity contribution in [1.82, 2.24) is 4.98 Å². The van der Waals surface area contributed by atoms with E-state index in [0.717, 1.165) is 36.6 Å². The molecule has 0 atom stereocenters. The first-order valence-corrected chi connectivity index (χ1v) is 13.0. The molecule has 180 valence electrons. The van der Waals surface area contributed by atoms with Crippen molar-refractivity contribution in [2.24, 2.45) is 5.10 Å². The van der Waals surface area contributed by atoms with Gasteiger partial charge >= 0.3 is 5.63 Å². The normalized spacial score (nSPS) is 11.6. The molecule has 6 aromatic rings. The van der Waals surface area contributed by atoms with E-state index in [1.807, 2.05) is 79.7 Å². The Labute approximate surface area is 223 Å². The van der Waals surface area contributed by atoms with Gasteiger partial charge in [-0.1, -0.05) is 87.4 Å². The molecule has 2 aromatic heterocycles. The van der Waals surface area contributed by atoms with Crippen molar-refractivity contribution >= 4 is 76.5 Å². The number of halogens is 1. The minimum atomic E-state index is -0.729. The van der Waals surface area contributed by atoms with Gasteiger partial charge in [-0.15, -0.1) is 0 Å². The summed E-state index contributed by atoms with van der Waals surface area (Å²) < 4.78 is 7.36. The van der Waals surface area contributed by atoms with Crippen LogP contribution in [0.4, 0.5) is 5.13 Å². The van der Waals surface area contributed by atoms with Crippen molar-refractivity contribution in [2.45, 2.75) is 6.92 Å². The topological polar surface area (TPSA) is 75.8 Å². The van der Waals surface area contributed by atoms with E-state index in [1.54, 1.807) is 18.3 Å². The number of hydrogen-bond donors (Lipinski definition) is 0. The largest absolute Gasteiger partial charge is 0.422 e. The lowest BCUT2D eigenvalue weighted by Gasteiger charge is -2.14. The Morgan fingerprint density at radius 1 is 1.00 bits per heavy atom. The van der Waals surface area contributed by atoms with Crippen LogP contribution >= 0.6 is 27.3 Å². The number of anilines is 1. The van der Waals surface area contributed by atoms with Crippen LogP contribution in [-0.2, 0) is 0 Å². The maximum absolute atomic E-state index is 13.9. The Morgan fingerprint density at radius 2 is 1.81 bits per heavy atom. The van der Waals surface area contributed by atoms with Crippen LogP contribution in [0.15, 0.2) is 104 Å². The Balaban J connectivity index is 1.50. The molecule has 2 heterocycles. The van der Waals surface area contributed by atoms with Gasteiger partial charge in [-0.05, 0) is 53.6 Å². The molecule has 0 aliphatic carbocycles. The van der Waals surface area contributed by atoms with Crippen LogP contribution in [-0.4, -0.2) is 17.1 Å². The molecule has 6 rings (SSSR count). The van der Waals surface area contributed by atoms with Crippen LogP contribution in [0, 0.1) is 6.92 Å². The van der Waals surface area contributed by atoms with E-state index in [0.29, 0.717) is 16.1 Å². The fourth-order valence-electron chi connectivity index (χ4n) is 4.08. The fourth-order valence-corrected chi connectivity index (χ4v) is 5.55. The summed E-state index contributed by atoms with van der Waals surface area (Å²) in [6.45, 7) is 2.00. The minimum Gasteiger partial charge on any atom is -0.422 e. The molecular weight excluding hydrogens is 550 g/mol. The van der Waals surface area contributed by atoms with Crippen molar-refractivity contribution in [3.63, 3.8) is 0 Å². The van der Waals surface area contributed by atoms with Gasteiger partial charge in [0.2, 0.25) is 5.13 Å². The smallest absolute Gasteiger partial charge is 0.349 e. The van der Waals surface area contributed by atoms with Crippen LogP contribution in [0.2, 0.25) is 0 Å². The summed E-state index contributed by atoms with van der Waals surface area (Å²) >= 11 is 4.79. The zero-order valence-corrected chi connectivity index (χ0v) is 21.9. The highest BCUT2D eigenvalue weighted by atomic mass is 79.9. The molecule has 0 saturated heterocycles. The standard InChI is InChI=1S/C29H18BrN3O3S/c1-17-6-8-18(9-7-17)16-31-33(29-32-24-12-11-20(30)14-26(24)37-29)27(34)23-15-22-21-5-3-2-4-19(21)10-13-25(22)36-28(23)35/h2-16H,1H3/b31-16+. The molecule has 0 bridgehead atoms. The molecule has 37 heavy (non-hydrogen) atoms. The van der Waals surface area contributed by atoms with Crippen LogP contribution in [0.25, 0.3) is 32.0 Å². The SMILES string of the molecule is Cc1ccc(/C=N/N(C(=O)c2cc3c(ccc4ccccc43)oc2=O)c2nc3ccc(Br)cc3s2)cc1. The number of benzene rings is 4. The molecule has 0 fully saturated rings. The Morgan fingerprint density at radius 3 is 2.65 bits per heavy atom. The molecule has 0 spiro atoms. The third-order valence-corrected chi connectivity index (χ3v) is 7.47. The average molecular weight is 568 g/mol. The first-order valence-electron chi connectivity index (χ1n) is 11.4. The highest BCUT2D eigenvalue weighted by Gasteiger charge is 2.25. The number of aryl methyl sites for hydroxylation is 1. The van der Waals surface area contributed by atoms with E-state index in [-0.39, 0.29) is 5.56 Å². The lowest BCUT2D eigenvalue weighted by molar-refractivity contribution is 0.0984. The zero-order valence-electron chi connectivity index (χ0n) is 19.5. The van der Waals surface area contributed by atoms with Gasteiger partial charge in [-0.25, -0.2) is 9.78 Å². The third-order valence-electron chi connectivity index (χ3n) is 5.98. The highest BCUT2D eigenvalue weighted by molar-refractivity contribution is 9.10. The molecule has 0 unspecified atom stereocenters. The number of fused-ring (bicyclic) bond motifs is 4. The van der Waals surface area contributed by atoms with E-state index in [4.69, 9.17) is 4.42 Å². The minimum absolute atomic E-state index is 0.120. The Kier molecular flexibility index (Phi) is 5.90. The van der Waals surface area contributed by atoms with Crippen molar-refractivity contribution in [2.75, 3.05) is 5.01 Å². The molecule has 8 heteroatoms. The summed E-state index contributed by atoms with van der Waals surface area (Å²) in [5, 5.41) is 8.54. The monoisotopic (exact) mass is 567 g/mol. The van der Waals surface area contributed by atoms with Crippen molar-refractivity contribution in [1.29, 1.82) is 0 Å². The van der Waals surface area contributed by atoms with Crippen molar-refractivity contribution in [3.05, 3.63) is 117 Å². The van der Waals surface area contributed by atoms with Gasteiger partial charge in [0, 0.05) is 9.86 Å². The second-order valence-electron chi connectivity index (χ2n) is 8.53. The van der Waals surface area contributed by atoms with E-state index in [2.05, 4.69) is 26.0 Å². The number of amides is 1. The summed E-state index contributed by atoms with van der Waals surface area (Å²) in [7, 11) is 0. The summed E-state index contributed by atoms with van der Waals surface area (Å²) in [6.07, 6.45) is 1.58. The molecule has 4 aromatic carbocycles. The van der Waals surface area contributed by atoms with Crippen LogP contribution in [0.5, 0.6) is 0 Å². The summed E-state index contributed by atoms with van der Waals surface area (Å²) in [6, 6.07) is 26.4. The Bertz CT molecular complexity index is 1910. The summed E-state index contributed by atoms with van der Waals surface area (Å²) in [5.41, 5.74) is 2.21. The van der Waals surface area contributed by atoms with Crippen LogP contribution < -0.4 is 10.6 Å². The zero-order chi connectivity index (χ0) is 25.5. The molecule has 6 nitrogen and oxygen atoms in total. The van der Waals surface area contributed by atoms with Crippen LogP contribution in [0.3, 0.4) is 0 Å². The molecule has 0 radical (unpaired) electrons. The summed E-state index contributed by atoms with van der Waals surface area (Å²) in [4.78, 5) is 31.5. The van der Waals surface area contributed by atoms with Crippen molar-refractivity contribution < 1.29 is 9.21 Å². The van der Waals surface area contributed by atoms with Gasteiger partial charge in [-0.3, -0.25) is 4.79 Å². The molecular formula is C29H18BrN3O3S. The van der Waals surface area contributed by atoms with Gasteiger partial charge in [0.15, 0.2) is 0 Å². The third kappa shape index (κ3) is 4.45. The predicted octanol–water partition coefficient (Wildman–Crippen LogP) is 7.31. The number of rotatable bonds is 4. The number of carbonyl (C=O) groups is 1. The molecule has 0 aliphatic heterocycles. The predicted molar refractivity (Wildman–Crippen MR) is 153 cm³/mol. The molecule has 1 amide bonds. The maximum Gasteiger partial charge on any atom is 0.349 e. The molecule has 0 saturated carbocycles. The number of aromatic nitrogens is 1. The lowest BCUT2D eigenvalue weighted by atomic mass is 10.0. The number of hydrogen-bond acceptors (Lipinski definition) is 6. The van der Waals surface area contributed by atoms with Gasteiger partial charge in [0.1, 0.15) is 11.1 Å². The van der Waals surface area contributed by atoms with Gasteiger partial charge < -0.3 is 4.42 Å². The Hall–Kier alpha value is -4.14. The van der Waals surface area contributed by atoms with Crippen LogP contribution in [0.1, 0.15) is 21.5 Å². The average Bonchev–Trinajstić information content (AvgIpc) is 3.32. The molecule has 0 N–H and O–H groups in total. The van der Waals surface area contributed by atoms with Gasteiger partial charge in [-0.2, -0.15) is 10.1 Å². The van der Waals surface area contributed by atoms with E-state index in [1.165, 1.54) is 16.3 Å². The second kappa shape index (κ2) is 9.38. The van der Waals surface area contributed by atoms with Gasteiger partial charge in [0.25, 0.3) is 5.91 Å².